The van der Waals surface area contributed by atoms with E-state index in [2.05, 4.69) is 46.6 Å². The Hall–Kier alpha value is -2.30. The zero-order valence-corrected chi connectivity index (χ0v) is 12.3. The van der Waals surface area contributed by atoms with Crippen LogP contribution >= 0.6 is 0 Å². The lowest BCUT2D eigenvalue weighted by Gasteiger charge is -2.27. The molecule has 0 unspecified atom stereocenters. The van der Waals surface area contributed by atoms with E-state index in [1.54, 1.807) is 13.0 Å². The Labute approximate surface area is 123 Å². The van der Waals surface area contributed by atoms with Crippen LogP contribution in [-0.2, 0) is 6.42 Å². The quantitative estimate of drug-likeness (QED) is 0.935. The zero-order valence-electron chi connectivity index (χ0n) is 12.3. The second kappa shape index (κ2) is 5.60. The van der Waals surface area contributed by atoms with Gasteiger partial charge in [0.25, 0.3) is 5.91 Å². The highest BCUT2D eigenvalue weighted by atomic mass is 16.5. The van der Waals surface area contributed by atoms with Crippen LogP contribution in [0.15, 0.2) is 34.9 Å². The van der Waals surface area contributed by atoms with Gasteiger partial charge in [-0.25, -0.2) is 0 Å². The van der Waals surface area contributed by atoms with Gasteiger partial charge in [-0.05, 0) is 31.9 Å². The third kappa shape index (κ3) is 2.77. The molecule has 0 saturated heterocycles. The minimum Gasteiger partial charge on any atom is -0.366 e. The van der Waals surface area contributed by atoms with Crippen LogP contribution in [0.25, 0.3) is 0 Å². The number of para-hydroxylation sites is 1. The number of amides is 1. The molecule has 2 aromatic rings. The van der Waals surface area contributed by atoms with Gasteiger partial charge in [-0.2, -0.15) is 0 Å². The number of aromatic nitrogens is 1. The molecule has 0 aliphatic carbocycles. The number of carbonyl (C=O) groups excluding carboxylic acids is 1. The zero-order chi connectivity index (χ0) is 14.8. The molecule has 0 radical (unpaired) electrons. The fraction of sp³-hybridized carbons (Fsp3) is 0.375. The van der Waals surface area contributed by atoms with Gasteiger partial charge in [0.2, 0.25) is 5.76 Å². The molecule has 5 heteroatoms. The largest absolute Gasteiger partial charge is 0.366 e. The van der Waals surface area contributed by atoms with Crippen LogP contribution in [0.4, 0.5) is 5.69 Å². The van der Waals surface area contributed by atoms with E-state index in [1.165, 1.54) is 11.3 Å². The van der Waals surface area contributed by atoms with Crippen LogP contribution in [0, 0.1) is 6.92 Å². The van der Waals surface area contributed by atoms with E-state index in [4.69, 9.17) is 4.52 Å². The number of rotatable bonds is 4. The number of anilines is 1. The Bertz CT molecular complexity index is 650. The molecule has 0 saturated carbocycles. The first-order valence-electron chi connectivity index (χ1n) is 7.21. The molecule has 1 aromatic carbocycles. The van der Waals surface area contributed by atoms with Crippen LogP contribution in [0.3, 0.4) is 0 Å². The van der Waals surface area contributed by atoms with Gasteiger partial charge < -0.3 is 14.7 Å². The molecule has 5 nitrogen and oxygen atoms in total. The van der Waals surface area contributed by atoms with Crippen LogP contribution in [-0.4, -0.2) is 30.2 Å². The van der Waals surface area contributed by atoms with Crippen LogP contribution in [0.1, 0.15) is 28.7 Å². The first-order chi connectivity index (χ1) is 10.1. The van der Waals surface area contributed by atoms with Crippen molar-refractivity contribution in [2.75, 3.05) is 18.0 Å². The number of hydrogen-bond donors (Lipinski definition) is 1. The molecule has 2 heterocycles. The van der Waals surface area contributed by atoms with Crippen molar-refractivity contribution in [1.29, 1.82) is 0 Å². The van der Waals surface area contributed by atoms with E-state index in [1.807, 2.05) is 0 Å². The van der Waals surface area contributed by atoms with Crippen molar-refractivity contribution >= 4 is 11.6 Å². The highest BCUT2D eigenvalue weighted by molar-refractivity contribution is 5.91. The van der Waals surface area contributed by atoms with Crippen molar-refractivity contribution in [1.82, 2.24) is 10.5 Å². The lowest BCUT2D eigenvalue weighted by atomic mass is 10.2. The number of fused-ring (bicyclic) bond motifs is 1. The van der Waals surface area contributed by atoms with Gasteiger partial charge in [0.1, 0.15) is 0 Å². The monoisotopic (exact) mass is 285 g/mol. The maximum atomic E-state index is 12.0. The Balaban J connectivity index is 1.60. The van der Waals surface area contributed by atoms with Crippen LogP contribution in [0.2, 0.25) is 0 Å². The summed E-state index contributed by atoms with van der Waals surface area (Å²) in [6.45, 7) is 5.49. The molecule has 110 valence electrons. The second-order valence-corrected chi connectivity index (χ2v) is 5.46. The molecule has 1 amide bonds. The molecule has 1 atom stereocenters. The summed E-state index contributed by atoms with van der Waals surface area (Å²) in [5.41, 5.74) is 3.36. The summed E-state index contributed by atoms with van der Waals surface area (Å²) in [7, 11) is 0. The number of nitrogens with zero attached hydrogens (tertiary/aromatic N) is 2. The number of aryl methyl sites for hydroxylation is 1. The maximum absolute atomic E-state index is 12.0. The van der Waals surface area contributed by atoms with Crippen LogP contribution < -0.4 is 10.2 Å². The van der Waals surface area contributed by atoms with Crippen molar-refractivity contribution < 1.29 is 9.32 Å². The molecule has 0 fully saturated rings. The standard InChI is InChI=1S/C16H19N3O2/c1-11-9-15(21-18-11)16(20)17-10-12(2)19-8-7-13-5-3-4-6-14(13)19/h3-6,9,12H,7-8,10H2,1-2H3,(H,17,20)/t12-/m0/s1. The first kappa shape index (κ1) is 13.7. The summed E-state index contributed by atoms with van der Waals surface area (Å²) in [6, 6.07) is 10.3. The van der Waals surface area contributed by atoms with Crippen molar-refractivity contribution in [2.45, 2.75) is 26.3 Å². The molecule has 1 aromatic heterocycles. The highest BCUT2D eigenvalue weighted by Gasteiger charge is 2.23. The van der Waals surface area contributed by atoms with E-state index < -0.39 is 0 Å². The SMILES string of the molecule is Cc1cc(C(=O)NC[C@H](C)N2CCc3ccccc32)on1. The minimum atomic E-state index is -0.213. The molecule has 1 N–H and O–H groups in total. The fourth-order valence-corrected chi connectivity index (χ4v) is 2.73. The van der Waals surface area contributed by atoms with E-state index >= 15 is 0 Å². The Kier molecular flexibility index (Phi) is 3.64. The summed E-state index contributed by atoms with van der Waals surface area (Å²) in [5, 5.41) is 6.63. The Morgan fingerprint density at radius 3 is 3.05 bits per heavy atom. The second-order valence-electron chi connectivity index (χ2n) is 5.46. The molecule has 3 rings (SSSR count). The fourth-order valence-electron chi connectivity index (χ4n) is 2.73. The molecule has 21 heavy (non-hydrogen) atoms. The Morgan fingerprint density at radius 1 is 1.48 bits per heavy atom. The number of carbonyl (C=O) groups is 1. The smallest absolute Gasteiger partial charge is 0.289 e. The predicted octanol–water partition coefficient (Wildman–Crippen LogP) is 2.16. The van der Waals surface area contributed by atoms with E-state index in [0.29, 0.717) is 12.2 Å². The van der Waals surface area contributed by atoms with Gasteiger partial charge in [-0.3, -0.25) is 4.79 Å². The Morgan fingerprint density at radius 2 is 2.29 bits per heavy atom. The van der Waals surface area contributed by atoms with Crippen molar-refractivity contribution in [3.8, 4) is 0 Å². The summed E-state index contributed by atoms with van der Waals surface area (Å²) in [4.78, 5) is 14.3. The van der Waals surface area contributed by atoms with Crippen molar-refractivity contribution in [2.24, 2.45) is 0 Å². The summed E-state index contributed by atoms with van der Waals surface area (Å²) >= 11 is 0. The molecular formula is C16H19N3O2. The number of nitrogens with one attached hydrogen (secondary N) is 1. The maximum Gasteiger partial charge on any atom is 0.289 e. The van der Waals surface area contributed by atoms with Gasteiger partial charge in [-0.15, -0.1) is 0 Å². The van der Waals surface area contributed by atoms with Crippen molar-refractivity contribution in [3.63, 3.8) is 0 Å². The highest BCUT2D eigenvalue weighted by Crippen LogP contribution is 2.28. The van der Waals surface area contributed by atoms with Crippen molar-refractivity contribution in [3.05, 3.63) is 47.3 Å². The van der Waals surface area contributed by atoms with Gasteiger partial charge in [-0.1, -0.05) is 23.4 Å². The van der Waals surface area contributed by atoms with E-state index in [-0.39, 0.29) is 17.7 Å². The molecule has 0 spiro atoms. The van der Waals surface area contributed by atoms with Crippen LogP contribution in [0.5, 0.6) is 0 Å². The topological polar surface area (TPSA) is 58.4 Å². The molecular weight excluding hydrogens is 266 g/mol. The normalized spacial score (nSPS) is 14.9. The number of benzene rings is 1. The van der Waals surface area contributed by atoms with E-state index in [9.17, 15) is 4.79 Å². The summed E-state index contributed by atoms with van der Waals surface area (Å²) in [5.74, 6) is 0.0523. The molecule has 1 aliphatic heterocycles. The average Bonchev–Trinajstić information content (AvgIpc) is 3.10. The third-order valence-corrected chi connectivity index (χ3v) is 3.86. The van der Waals surface area contributed by atoms with Gasteiger partial charge in [0.15, 0.2) is 0 Å². The van der Waals surface area contributed by atoms with Gasteiger partial charge >= 0.3 is 0 Å². The predicted molar refractivity (Wildman–Crippen MR) is 80.5 cm³/mol. The molecule has 0 bridgehead atoms. The summed E-state index contributed by atoms with van der Waals surface area (Å²) in [6.07, 6.45) is 1.07. The van der Waals surface area contributed by atoms with E-state index in [0.717, 1.165) is 13.0 Å². The third-order valence-electron chi connectivity index (χ3n) is 3.86. The lowest BCUT2D eigenvalue weighted by Crippen LogP contribution is -2.41. The van der Waals surface area contributed by atoms with Gasteiger partial charge in [0.05, 0.1) is 5.69 Å². The first-order valence-corrected chi connectivity index (χ1v) is 7.21. The summed E-state index contributed by atoms with van der Waals surface area (Å²) < 4.78 is 4.96. The lowest BCUT2D eigenvalue weighted by molar-refractivity contribution is 0.0914. The molecule has 1 aliphatic rings. The van der Waals surface area contributed by atoms with Gasteiger partial charge in [0, 0.05) is 30.9 Å². The minimum absolute atomic E-state index is 0.213. The number of hydrogen-bond acceptors (Lipinski definition) is 4. The average molecular weight is 285 g/mol.